The Labute approximate surface area is 154 Å². The van der Waals surface area contributed by atoms with Crippen molar-refractivity contribution in [1.29, 1.82) is 0 Å². The van der Waals surface area contributed by atoms with E-state index in [9.17, 15) is 4.79 Å². The van der Waals surface area contributed by atoms with Gasteiger partial charge in [-0.2, -0.15) is 0 Å². The molecule has 1 saturated heterocycles. The number of hydrogen-bond acceptors (Lipinski definition) is 3. The highest BCUT2D eigenvalue weighted by molar-refractivity contribution is 6.30. The fraction of sp³-hybridized carbons (Fsp3) is 0.400. The van der Waals surface area contributed by atoms with Crippen molar-refractivity contribution in [3.05, 3.63) is 58.9 Å². The van der Waals surface area contributed by atoms with E-state index < -0.39 is 0 Å². The Kier molecular flexibility index (Phi) is 5.92. The van der Waals surface area contributed by atoms with Gasteiger partial charge >= 0.3 is 0 Å². The number of rotatable bonds is 5. The summed E-state index contributed by atoms with van der Waals surface area (Å²) < 4.78 is 0. The quantitative estimate of drug-likeness (QED) is 0.881. The highest BCUT2D eigenvalue weighted by atomic mass is 35.5. The van der Waals surface area contributed by atoms with Gasteiger partial charge in [0.1, 0.15) is 5.69 Å². The summed E-state index contributed by atoms with van der Waals surface area (Å²) in [6.45, 7) is 4.96. The maximum Gasteiger partial charge on any atom is 0.269 e. The van der Waals surface area contributed by atoms with E-state index in [0.29, 0.717) is 12.2 Å². The van der Waals surface area contributed by atoms with Crippen molar-refractivity contribution in [3.63, 3.8) is 0 Å². The Balaban J connectivity index is 1.55. The minimum atomic E-state index is -0.124. The van der Waals surface area contributed by atoms with E-state index in [1.54, 1.807) is 6.20 Å². The summed E-state index contributed by atoms with van der Waals surface area (Å²) in [5.74, 6) is 0.662. The second-order valence-corrected chi connectivity index (χ2v) is 7.14. The molecular weight excluding hydrogens is 334 g/mol. The van der Waals surface area contributed by atoms with E-state index >= 15 is 0 Å². The number of pyridine rings is 1. The second kappa shape index (κ2) is 8.34. The molecule has 25 heavy (non-hydrogen) atoms. The van der Waals surface area contributed by atoms with Crippen LogP contribution >= 0.6 is 11.6 Å². The number of nitrogens with one attached hydrogen (secondary N) is 1. The molecule has 0 saturated carbocycles. The summed E-state index contributed by atoms with van der Waals surface area (Å²) in [7, 11) is 0. The van der Waals surface area contributed by atoms with Crippen molar-refractivity contribution >= 4 is 23.2 Å². The number of carbonyl (C=O) groups excluding carboxylic acids is 1. The van der Waals surface area contributed by atoms with Crippen LogP contribution in [0.15, 0.2) is 42.6 Å². The number of halogens is 1. The summed E-state index contributed by atoms with van der Waals surface area (Å²) >= 11 is 5.88. The van der Waals surface area contributed by atoms with E-state index in [0.717, 1.165) is 41.7 Å². The normalized spacial score (nSPS) is 15.2. The van der Waals surface area contributed by atoms with Crippen LogP contribution in [0.25, 0.3) is 0 Å². The SMILES string of the molecule is CC1CCN(c2ccnc(C(=O)NCCc3ccc(Cl)cc3)c2)CC1. The lowest BCUT2D eigenvalue weighted by Crippen LogP contribution is -2.33. The molecule has 2 heterocycles. The lowest BCUT2D eigenvalue weighted by molar-refractivity contribution is 0.0949. The van der Waals surface area contributed by atoms with Gasteiger partial charge in [0, 0.05) is 36.5 Å². The molecule has 1 amide bonds. The van der Waals surface area contributed by atoms with Crippen LogP contribution in [-0.2, 0) is 6.42 Å². The Morgan fingerprint density at radius 2 is 1.96 bits per heavy atom. The molecule has 5 heteroatoms. The Bertz CT molecular complexity index is 709. The molecular formula is C20H24ClN3O. The van der Waals surface area contributed by atoms with Crippen LogP contribution in [0.2, 0.25) is 5.02 Å². The first-order valence-corrected chi connectivity index (χ1v) is 9.23. The van der Waals surface area contributed by atoms with E-state index in [1.165, 1.54) is 12.8 Å². The zero-order valence-corrected chi connectivity index (χ0v) is 15.3. The number of amides is 1. The van der Waals surface area contributed by atoms with Gasteiger partial charge in [-0.1, -0.05) is 30.7 Å². The van der Waals surface area contributed by atoms with Crippen LogP contribution in [0.4, 0.5) is 5.69 Å². The van der Waals surface area contributed by atoms with Gasteiger partial charge < -0.3 is 10.2 Å². The van der Waals surface area contributed by atoms with E-state index in [2.05, 4.69) is 22.1 Å². The van der Waals surface area contributed by atoms with E-state index in [1.807, 2.05) is 36.4 Å². The molecule has 1 aromatic carbocycles. The summed E-state index contributed by atoms with van der Waals surface area (Å²) in [5.41, 5.74) is 2.71. The van der Waals surface area contributed by atoms with Crippen LogP contribution in [-0.4, -0.2) is 30.5 Å². The lowest BCUT2D eigenvalue weighted by Gasteiger charge is -2.32. The van der Waals surface area contributed by atoms with Crippen molar-refractivity contribution in [2.45, 2.75) is 26.2 Å². The molecule has 1 N–H and O–H groups in total. The van der Waals surface area contributed by atoms with Gasteiger partial charge in [-0.25, -0.2) is 0 Å². The summed E-state index contributed by atoms with van der Waals surface area (Å²) in [6, 6.07) is 11.6. The zero-order valence-electron chi connectivity index (χ0n) is 14.5. The molecule has 0 radical (unpaired) electrons. The molecule has 4 nitrogen and oxygen atoms in total. The number of nitrogens with zero attached hydrogens (tertiary/aromatic N) is 2. The van der Waals surface area contributed by atoms with Crippen molar-refractivity contribution < 1.29 is 4.79 Å². The minimum absolute atomic E-state index is 0.124. The molecule has 0 atom stereocenters. The van der Waals surface area contributed by atoms with Crippen LogP contribution in [0.1, 0.15) is 35.8 Å². The summed E-state index contributed by atoms with van der Waals surface area (Å²) in [5, 5.41) is 3.67. The predicted octanol–water partition coefficient (Wildman–Crippen LogP) is 3.94. The molecule has 0 unspecified atom stereocenters. The molecule has 1 fully saturated rings. The number of benzene rings is 1. The summed E-state index contributed by atoms with van der Waals surface area (Å²) in [6.07, 6.45) is 4.89. The van der Waals surface area contributed by atoms with Gasteiger partial charge in [0.25, 0.3) is 5.91 Å². The van der Waals surface area contributed by atoms with Crippen molar-refractivity contribution in [2.75, 3.05) is 24.5 Å². The number of piperidine rings is 1. The standard InChI is InChI=1S/C20H24ClN3O/c1-15-8-12-24(13-9-15)18-7-11-22-19(14-18)20(25)23-10-6-16-2-4-17(21)5-3-16/h2-5,7,11,14-15H,6,8-10,12-13H2,1H3,(H,23,25). The first kappa shape index (κ1) is 17.7. The smallest absolute Gasteiger partial charge is 0.269 e. The molecule has 0 aliphatic carbocycles. The summed E-state index contributed by atoms with van der Waals surface area (Å²) in [4.78, 5) is 18.9. The lowest BCUT2D eigenvalue weighted by atomic mass is 9.99. The fourth-order valence-corrected chi connectivity index (χ4v) is 3.20. The van der Waals surface area contributed by atoms with Crippen molar-refractivity contribution in [3.8, 4) is 0 Å². The van der Waals surface area contributed by atoms with Crippen LogP contribution < -0.4 is 10.2 Å². The molecule has 0 bridgehead atoms. The Morgan fingerprint density at radius 1 is 1.24 bits per heavy atom. The van der Waals surface area contributed by atoms with Gasteiger partial charge in [-0.15, -0.1) is 0 Å². The maximum atomic E-state index is 12.4. The predicted molar refractivity (Wildman–Crippen MR) is 102 cm³/mol. The second-order valence-electron chi connectivity index (χ2n) is 6.70. The average Bonchev–Trinajstić information content (AvgIpc) is 2.64. The van der Waals surface area contributed by atoms with Crippen LogP contribution in [0.3, 0.4) is 0 Å². The van der Waals surface area contributed by atoms with Gasteiger partial charge in [0.05, 0.1) is 0 Å². The monoisotopic (exact) mass is 357 g/mol. The topological polar surface area (TPSA) is 45.2 Å². The van der Waals surface area contributed by atoms with Gasteiger partial charge in [-0.3, -0.25) is 9.78 Å². The third-order valence-electron chi connectivity index (χ3n) is 4.74. The Morgan fingerprint density at radius 3 is 2.68 bits per heavy atom. The number of carbonyl (C=O) groups is 1. The van der Waals surface area contributed by atoms with Crippen molar-refractivity contribution in [1.82, 2.24) is 10.3 Å². The molecule has 132 valence electrons. The van der Waals surface area contributed by atoms with E-state index in [-0.39, 0.29) is 5.91 Å². The van der Waals surface area contributed by atoms with Crippen molar-refractivity contribution in [2.24, 2.45) is 5.92 Å². The molecule has 1 aromatic heterocycles. The number of hydrogen-bond donors (Lipinski definition) is 1. The fourth-order valence-electron chi connectivity index (χ4n) is 3.07. The van der Waals surface area contributed by atoms with E-state index in [4.69, 9.17) is 11.6 Å². The average molecular weight is 358 g/mol. The first-order chi connectivity index (χ1) is 12.1. The minimum Gasteiger partial charge on any atom is -0.371 e. The molecule has 0 spiro atoms. The third kappa shape index (κ3) is 4.95. The molecule has 1 aliphatic heterocycles. The molecule has 3 rings (SSSR count). The number of aromatic nitrogens is 1. The van der Waals surface area contributed by atoms with Crippen LogP contribution in [0, 0.1) is 5.92 Å². The number of anilines is 1. The van der Waals surface area contributed by atoms with Crippen LogP contribution in [0.5, 0.6) is 0 Å². The largest absolute Gasteiger partial charge is 0.371 e. The van der Waals surface area contributed by atoms with Gasteiger partial charge in [0.15, 0.2) is 0 Å². The molecule has 2 aromatic rings. The highest BCUT2D eigenvalue weighted by Crippen LogP contribution is 2.23. The maximum absolute atomic E-state index is 12.4. The molecule has 1 aliphatic rings. The Hall–Kier alpha value is -2.07. The van der Waals surface area contributed by atoms with Gasteiger partial charge in [-0.05, 0) is 55.0 Å². The zero-order chi connectivity index (χ0) is 17.6. The van der Waals surface area contributed by atoms with Gasteiger partial charge in [0.2, 0.25) is 0 Å². The third-order valence-corrected chi connectivity index (χ3v) is 4.99. The highest BCUT2D eigenvalue weighted by Gasteiger charge is 2.17. The first-order valence-electron chi connectivity index (χ1n) is 8.85.